The normalized spacial score (nSPS) is 20.5. The number of carbonyl (C=O) groups is 4. The molecule has 4 unspecified atom stereocenters. The molecule has 2 fully saturated rings. The van der Waals surface area contributed by atoms with Gasteiger partial charge in [-0.2, -0.15) is 0 Å². The zero-order valence-corrected chi connectivity index (χ0v) is 23.8. The summed E-state index contributed by atoms with van der Waals surface area (Å²) in [6.45, 7) is 5.80. The van der Waals surface area contributed by atoms with Crippen molar-refractivity contribution in [3.8, 4) is 11.5 Å². The fraction of sp³-hybridized carbons (Fsp3) is 0.467. The number of phenolic OH excluding ortho intramolecular Hbond substituents is 2. The third kappa shape index (κ3) is 8.51. The highest BCUT2D eigenvalue weighted by Gasteiger charge is 2.50. The molecule has 0 aromatic heterocycles. The van der Waals surface area contributed by atoms with Crippen molar-refractivity contribution in [3.05, 3.63) is 59.7 Å². The molecule has 2 aromatic carbocycles. The van der Waals surface area contributed by atoms with E-state index < -0.39 is 35.5 Å². The number of hydrogen-bond donors (Lipinski definition) is 5. The van der Waals surface area contributed by atoms with E-state index in [0.717, 1.165) is 11.6 Å². The van der Waals surface area contributed by atoms with Gasteiger partial charge in [0, 0.05) is 25.6 Å². The van der Waals surface area contributed by atoms with E-state index in [1.165, 1.54) is 19.1 Å². The van der Waals surface area contributed by atoms with Crippen LogP contribution in [0.25, 0.3) is 0 Å². The second-order valence-corrected chi connectivity index (χ2v) is 10.9. The van der Waals surface area contributed by atoms with Crippen molar-refractivity contribution < 1.29 is 38.9 Å². The predicted octanol–water partition coefficient (Wildman–Crippen LogP) is 0.0475. The zero-order valence-electron chi connectivity index (χ0n) is 23.8. The molecule has 5 N–H and O–H groups in total. The van der Waals surface area contributed by atoms with Gasteiger partial charge in [0.15, 0.2) is 5.78 Å². The Balaban J connectivity index is 1.48. The summed E-state index contributed by atoms with van der Waals surface area (Å²) < 4.78 is 10.6. The van der Waals surface area contributed by atoms with E-state index in [0.29, 0.717) is 31.9 Å². The highest BCUT2D eigenvalue weighted by atomic mass is 16.6. The lowest BCUT2D eigenvalue weighted by Crippen LogP contribution is -2.57. The number of phenols is 2. The topological polar surface area (TPSA) is 170 Å². The molecule has 42 heavy (non-hydrogen) atoms. The number of morpholine rings is 1. The van der Waals surface area contributed by atoms with Gasteiger partial charge in [-0.3, -0.25) is 24.1 Å². The molecule has 2 saturated heterocycles. The van der Waals surface area contributed by atoms with Crippen LogP contribution in [-0.2, 0) is 41.5 Å². The molecule has 12 heteroatoms. The number of ketones is 1. The molecule has 2 aliphatic rings. The maximum atomic E-state index is 13.7. The molecule has 0 radical (unpaired) electrons. The first-order valence-electron chi connectivity index (χ1n) is 14.0. The third-order valence-corrected chi connectivity index (χ3v) is 7.38. The maximum absolute atomic E-state index is 13.7. The number of rotatable bonds is 13. The number of hydrogen-bond acceptors (Lipinski definition) is 9. The summed E-state index contributed by atoms with van der Waals surface area (Å²) in [6, 6.07) is 10.0. The van der Waals surface area contributed by atoms with Gasteiger partial charge in [-0.25, -0.2) is 0 Å². The van der Waals surface area contributed by atoms with Crippen molar-refractivity contribution in [1.82, 2.24) is 20.9 Å². The van der Waals surface area contributed by atoms with Crippen LogP contribution in [0, 0.1) is 0 Å². The van der Waals surface area contributed by atoms with Crippen LogP contribution in [0.3, 0.4) is 0 Å². The van der Waals surface area contributed by atoms with Gasteiger partial charge in [-0.15, -0.1) is 0 Å². The Hall–Kier alpha value is -4.00. The molecule has 0 aliphatic carbocycles. The number of carbonyl (C=O) groups excluding carboxylic acids is 4. The quantitative estimate of drug-likeness (QED) is 0.205. The Bertz CT molecular complexity index is 1280. The molecule has 4 atom stereocenters. The Morgan fingerprint density at radius 3 is 2.24 bits per heavy atom. The molecule has 3 amide bonds. The summed E-state index contributed by atoms with van der Waals surface area (Å²) >= 11 is 0. The van der Waals surface area contributed by atoms with Gasteiger partial charge in [0.25, 0.3) is 0 Å². The van der Waals surface area contributed by atoms with Gasteiger partial charge in [0.2, 0.25) is 17.7 Å². The number of Topliss-reactive ketones (excluding diaryl/α,β-unsaturated/α-hetero) is 1. The van der Waals surface area contributed by atoms with Crippen molar-refractivity contribution in [3.63, 3.8) is 0 Å². The van der Waals surface area contributed by atoms with Crippen LogP contribution in [0.1, 0.15) is 25.0 Å². The molecule has 4 rings (SSSR count). The number of epoxide rings is 1. The lowest BCUT2D eigenvalue weighted by atomic mass is 9.94. The lowest BCUT2D eigenvalue weighted by Gasteiger charge is -2.27. The van der Waals surface area contributed by atoms with Crippen LogP contribution in [0.5, 0.6) is 11.5 Å². The van der Waals surface area contributed by atoms with Gasteiger partial charge in [0.05, 0.1) is 32.4 Å². The van der Waals surface area contributed by atoms with E-state index in [1.54, 1.807) is 6.92 Å². The second kappa shape index (κ2) is 13.8. The summed E-state index contributed by atoms with van der Waals surface area (Å²) in [5.74, 6) is -2.33. The van der Waals surface area contributed by atoms with E-state index in [4.69, 9.17) is 9.47 Å². The molecular formula is C30H38N4O8. The fourth-order valence-electron chi connectivity index (χ4n) is 4.72. The Labute approximate surface area is 244 Å². The number of benzene rings is 2. The standard InChI is InChI=1S/C30H38N4O8/c1-19(31-26(37)17-34-10-12-41-13-11-34)28(39)33-24(15-21-8-9-22(35)16-25(21)36)29(40)32-23(27(38)30(2)18-42-30)14-20-6-4-3-5-7-20/h3-9,16,19,23-24,35-36H,10-15,17-18H2,1-2H3,(H,31,37)(H,32,40)(H,33,39). The van der Waals surface area contributed by atoms with Crippen LogP contribution in [0.15, 0.2) is 48.5 Å². The average Bonchev–Trinajstić information content (AvgIpc) is 3.72. The Morgan fingerprint density at radius 1 is 0.929 bits per heavy atom. The third-order valence-electron chi connectivity index (χ3n) is 7.38. The summed E-state index contributed by atoms with van der Waals surface area (Å²) in [5, 5.41) is 28.2. The molecule has 226 valence electrons. The van der Waals surface area contributed by atoms with Crippen LogP contribution in [-0.4, -0.2) is 102 Å². The van der Waals surface area contributed by atoms with Crippen molar-refractivity contribution in [2.45, 2.75) is 50.4 Å². The molecule has 2 aromatic rings. The van der Waals surface area contributed by atoms with Crippen LogP contribution in [0.4, 0.5) is 0 Å². The number of nitrogens with one attached hydrogen (secondary N) is 3. The van der Waals surface area contributed by atoms with Crippen LogP contribution in [0.2, 0.25) is 0 Å². The van der Waals surface area contributed by atoms with E-state index >= 15 is 0 Å². The summed E-state index contributed by atoms with van der Waals surface area (Å²) in [7, 11) is 0. The first-order chi connectivity index (χ1) is 20.0. The minimum atomic E-state index is -1.22. The average molecular weight is 583 g/mol. The minimum Gasteiger partial charge on any atom is -0.508 e. The largest absolute Gasteiger partial charge is 0.508 e. The van der Waals surface area contributed by atoms with Gasteiger partial charge in [0.1, 0.15) is 29.2 Å². The van der Waals surface area contributed by atoms with Gasteiger partial charge >= 0.3 is 0 Å². The molecule has 2 aliphatic heterocycles. The van der Waals surface area contributed by atoms with E-state index in [-0.39, 0.29) is 49.2 Å². The minimum absolute atomic E-state index is 0.108. The number of amides is 3. The SMILES string of the molecule is CC(NC(=O)CN1CCOCC1)C(=O)NC(Cc1ccc(O)cc1O)C(=O)NC(Cc1ccccc1)C(=O)C1(C)CO1. The van der Waals surface area contributed by atoms with Crippen LogP contribution >= 0.6 is 0 Å². The van der Waals surface area contributed by atoms with E-state index in [2.05, 4.69) is 16.0 Å². The number of ether oxygens (including phenoxy) is 2. The van der Waals surface area contributed by atoms with Crippen molar-refractivity contribution in [2.24, 2.45) is 0 Å². The molecule has 0 spiro atoms. The summed E-state index contributed by atoms with van der Waals surface area (Å²) in [4.78, 5) is 54.6. The zero-order chi connectivity index (χ0) is 30.3. The van der Waals surface area contributed by atoms with Crippen LogP contribution < -0.4 is 16.0 Å². The number of nitrogens with zero attached hydrogens (tertiary/aromatic N) is 1. The Kier molecular flexibility index (Phi) is 10.2. The molecule has 0 bridgehead atoms. The number of aromatic hydroxyl groups is 2. The van der Waals surface area contributed by atoms with Crippen molar-refractivity contribution >= 4 is 23.5 Å². The highest BCUT2D eigenvalue weighted by Crippen LogP contribution is 2.29. The monoisotopic (exact) mass is 582 g/mol. The van der Waals surface area contributed by atoms with Gasteiger partial charge in [-0.05, 0) is 37.5 Å². The molecule has 12 nitrogen and oxygen atoms in total. The molecule has 0 saturated carbocycles. The Morgan fingerprint density at radius 2 is 1.60 bits per heavy atom. The van der Waals surface area contributed by atoms with Gasteiger partial charge in [-0.1, -0.05) is 36.4 Å². The van der Waals surface area contributed by atoms with E-state index in [9.17, 15) is 29.4 Å². The summed E-state index contributed by atoms with van der Waals surface area (Å²) in [5.41, 5.74) is 0.120. The maximum Gasteiger partial charge on any atom is 0.243 e. The van der Waals surface area contributed by atoms with Gasteiger partial charge < -0.3 is 35.6 Å². The van der Waals surface area contributed by atoms with Crippen molar-refractivity contribution in [2.75, 3.05) is 39.5 Å². The smallest absolute Gasteiger partial charge is 0.243 e. The highest BCUT2D eigenvalue weighted by molar-refractivity contribution is 5.98. The first kappa shape index (κ1) is 30.9. The summed E-state index contributed by atoms with van der Waals surface area (Å²) in [6.07, 6.45) is 0.0711. The molecular weight excluding hydrogens is 544 g/mol. The lowest BCUT2D eigenvalue weighted by molar-refractivity contribution is -0.134. The fourth-order valence-corrected chi connectivity index (χ4v) is 4.72. The molecule has 2 heterocycles. The first-order valence-corrected chi connectivity index (χ1v) is 14.0. The van der Waals surface area contributed by atoms with E-state index in [1.807, 2.05) is 35.2 Å². The second-order valence-electron chi connectivity index (χ2n) is 10.9. The predicted molar refractivity (Wildman–Crippen MR) is 152 cm³/mol. The van der Waals surface area contributed by atoms with Crippen molar-refractivity contribution in [1.29, 1.82) is 0 Å².